The summed E-state index contributed by atoms with van der Waals surface area (Å²) in [6, 6.07) is -0.0231. The molecule has 4 nitrogen and oxygen atoms in total. The van der Waals surface area contributed by atoms with Gasteiger partial charge in [-0.25, -0.2) is 4.79 Å². The molecule has 0 radical (unpaired) electrons. The van der Waals surface area contributed by atoms with Crippen molar-refractivity contribution >= 4 is 6.03 Å². The third-order valence-corrected chi connectivity index (χ3v) is 2.81. The van der Waals surface area contributed by atoms with E-state index in [-0.39, 0.29) is 6.03 Å². The highest BCUT2D eigenvalue weighted by Crippen LogP contribution is 2.13. The number of urea groups is 1. The Bertz CT molecular complexity index is 196. The topological polar surface area (TPSA) is 44.4 Å². The Morgan fingerprint density at radius 2 is 2.27 bits per heavy atom. The first-order chi connectivity index (χ1) is 7.22. The Morgan fingerprint density at radius 1 is 1.47 bits per heavy atom. The number of rotatable bonds is 4. The summed E-state index contributed by atoms with van der Waals surface area (Å²) in [5.41, 5.74) is 0. The third kappa shape index (κ3) is 5.02. The molecule has 1 aliphatic rings. The molecule has 1 aliphatic heterocycles. The number of piperidine rings is 1. The third-order valence-electron chi connectivity index (χ3n) is 2.81. The number of hydrogen-bond acceptors (Lipinski definition) is 2. The number of likely N-dealkylation sites (tertiary alicyclic amines) is 1. The minimum absolute atomic E-state index is 0.0231. The maximum atomic E-state index is 11.3. The van der Waals surface area contributed by atoms with E-state index in [1.54, 1.807) is 0 Å². The summed E-state index contributed by atoms with van der Waals surface area (Å²) in [5, 5.41) is 5.75. The lowest BCUT2D eigenvalue weighted by Crippen LogP contribution is -2.42. The molecule has 0 aromatic heterocycles. The Balaban J connectivity index is 2.10. The fourth-order valence-corrected chi connectivity index (χ4v) is 1.98. The van der Waals surface area contributed by atoms with Gasteiger partial charge in [0.2, 0.25) is 0 Å². The van der Waals surface area contributed by atoms with Crippen LogP contribution in [0.5, 0.6) is 0 Å². The average molecular weight is 213 g/mol. The zero-order valence-corrected chi connectivity index (χ0v) is 9.88. The van der Waals surface area contributed by atoms with Crippen molar-refractivity contribution in [1.29, 1.82) is 0 Å². The molecule has 0 bridgehead atoms. The molecule has 2 N–H and O–H groups in total. The van der Waals surface area contributed by atoms with Crippen LogP contribution in [0.4, 0.5) is 4.79 Å². The maximum absolute atomic E-state index is 11.3. The van der Waals surface area contributed by atoms with Crippen molar-refractivity contribution in [3.8, 4) is 0 Å². The van der Waals surface area contributed by atoms with Gasteiger partial charge in [-0.3, -0.25) is 0 Å². The minimum Gasteiger partial charge on any atom is -0.338 e. The Kier molecular flexibility index (Phi) is 5.47. The molecule has 1 fully saturated rings. The molecule has 88 valence electrons. The van der Waals surface area contributed by atoms with Crippen molar-refractivity contribution in [2.45, 2.75) is 26.2 Å². The first-order valence-corrected chi connectivity index (χ1v) is 5.92. The summed E-state index contributed by atoms with van der Waals surface area (Å²) in [7, 11) is 2.14. The average Bonchev–Trinajstić information content (AvgIpc) is 2.23. The van der Waals surface area contributed by atoms with Crippen LogP contribution in [0, 0.1) is 5.92 Å². The number of amides is 2. The Labute approximate surface area is 92.4 Å². The van der Waals surface area contributed by atoms with Gasteiger partial charge in [0.05, 0.1) is 0 Å². The highest BCUT2D eigenvalue weighted by molar-refractivity contribution is 5.73. The molecule has 15 heavy (non-hydrogen) atoms. The predicted octanol–water partition coefficient (Wildman–Crippen LogP) is 1.04. The highest BCUT2D eigenvalue weighted by atomic mass is 16.2. The Hall–Kier alpha value is -0.770. The van der Waals surface area contributed by atoms with Gasteiger partial charge in [-0.2, -0.15) is 0 Å². The summed E-state index contributed by atoms with van der Waals surface area (Å²) >= 11 is 0. The van der Waals surface area contributed by atoms with Crippen LogP contribution in [-0.4, -0.2) is 44.2 Å². The molecule has 0 aliphatic carbocycles. The molecule has 1 atom stereocenters. The van der Waals surface area contributed by atoms with E-state index >= 15 is 0 Å². The van der Waals surface area contributed by atoms with E-state index in [2.05, 4.69) is 29.5 Å². The van der Waals surface area contributed by atoms with Crippen LogP contribution in [0.2, 0.25) is 0 Å². The molecule has 1 rings (SSSR count). The van der Waals surface area contributed by atoms with Gasteiger partial charge in [0, 0.05) is 19.6 Å². The first kappa shape index (κ1) is 12.3. The van der Waals surface area contributed by atoms with E-state index in [4.69, 9.17) is 0 Å². The van der Waals surface area contributed by atoms with Crippen molar-refractivity contribution in [3.63, 3.8) is 0 Å². The van der Waals surface area contributed by atoms with Crippen molar-refractivity contribution < 1.29 is 4.79 Å². The number of carbonyl (C=O) groups is 1. The summed E-state index contributed by atoms with van der Waals surface area (Å²) in [4.78, 5) is 13.6. The van der Waals surface area contributed by atoms with Gasteiger partial charge in [0.15, 0.2) is 0 Å². The maximum Gasteiger partial charge on any atom is 0.314 e. The summed E-state index contributed by atoms with van der Waals surface area (Å²) in [5.74, 6) is 0.621. The van der Waals surface area contributed by atoms with E-state index in [0.717, 1.165) is 26.1 Å². The minimum atomic E-state index is -0.0231. The molecule has 0 spiro atoms. The zero-order valence-electron chi connectivity index (χ0n) is 9.88. The second kappa shape index (κ2) is 6.67. The Morgan fingerprint density at radius 3 is 2.93 bits per heavy atom. The van der Waals surface area contributed by atoms with Gasteiger partial charge in [-0.1, -0.05) is 6.92 Å². The van der Waals surface area contributed by atoms with Crippen LogP contribution in [-0.2, 0) is 0 Å². The lowest BCUT2D eigenvalue weighted by atomic mass is 9.99. The number of nitrogens with one attached hydrogen (secondary N) is 2. The molecule has 0 saturated carbocycles. The van der Waals surface area contributed by atoms with E-state index in [1.807, 2.05) is 0 Å². The van der Waals surface area contributed by atoms with Gasteiger partial charge in [0.1, 0.15) is 0 Å². The van der Waals surface area contributed by atoms with Crippen molar-refractivity contribution in [1.82, 2.24) is 15.5 Å². The molecular weight excluding hydrogens is 190 g/mol. The lowest BCUT2D eigenvalue weighted by molar-refractivity contribution is 0.202. The van der Waals surface area contributed by atoms with Crippen LogP contribution in [0.15, 0.2) is 0 Å². The number of nitrogens with zero attached hydrogens (tertiary/aromatic N) is 1. The van der Waals surface area contributed by atoms with Gasteiger partial charge < -0.3 is 15.5 Å². The van der Waals surface area contributed by atoms with Crippen molar-refractivity contribution in [2.75, 3.05) is 33.2 Å². The van der Waals surface area contributed by atoms with Crippen LogP contribution < -0.4 is 10.6 Å². The van der Waals surface area contributed by atoms with Crippen LogP contribution >= 0.6 is 0 Å². The van der Waals surface area contributed by atoms with Gasteiger partial charge >= 0.3 is 6.03 Å². The SMILES string of the molecule is CCCNC(=O)NCC1CCCN(C)C1. The van der Waals surface area contributed by atoms with Crippen molar-refractivity contribution in [3.05, 3.63) is 0 Å². The van der Waals surface area contributed by atoms with Crippen LogP contribution in [0.1, 0.15) is 26.2 Å². The number of hydrogen-bond donors (Lipinski definition) is 2. The van der Waals surface area contributed by atoms with Gasteiger partial charge in [0.25, 0.3) is 0 Å². The van der Waals surface area contributed by atoms with E-state index < -0.39 is 0 Å². The van der Waals surface area contributed by atoms with Gasteiger partial charge in [-0.15, -0.1) is 0 Å². The van der Waals surface area contributed by atoms with E-state index in [9.17, 15) is 4.79 Å². The normalized spacial score (nSPS) is 22.4. The molecule has 0 aromatic rings. The summed E-state index contributed by atoms with van der Waals surface area (Å²) < 4.78 is 0. The second-order valence-electron chi connectivity index (χ2n) is 4.41. The molecule has 0 aromatic carbocycles. The fourth-order valence-electron chi connectivity index (χ4n) is 1.98. The fraction of sp³-hybridized carbons (Fsp3) is 0.909. The highest BCUT2D eigenvalue weighted by Gasteiger charge is 2.17. The number of carbonyl (C=O) groups excluding carboxylic acids is 1. The molecule has 1 unspecified atom stereocenters. The van der Waals surface area contributed by atoms with Crippen LogP contribution in [0.3, 0.4) is 0 Å². The zero-order chi connectivity index (χ0) is 11.1. The molecule has 1 saturated heterocycles. The van der Waals surface area contributed by atoms with E-state index in [1.165, 1.54) is 19.4 Å². The van der Waals surface area contributed by atoms with Crippen LogP contribution in [0.25, 0.3) is 0 Å². The summed E-state index contributed by atoms with van der Waals surface area (Å²) in [6.07, 6.45) is 3.47. The standard InChI is InChI=1S/C11H23N3O/c1-3-6-12-11(15)13-8-10-5-4-7-14(2)9-10/h10H,3-9H2,1-2H3,(H2,12,13,15). The van der Waals surface area contributed by atoms with Gasteiger partial charge in [-0.05, 0) is 38.8 Å². The second-order valence-corrected chi connectivity index (χ2v) is 4.41. The quantitative estimate of drug-likeness (QED) is 0.733. The largest absolute Gasteiger partial charge is 0.338 e. The smallest absolute Gasteiger partial charge is 0.314 e. The first-order valence-electron chi connectivity index (χ1n) is 5.92. The lowest BCUT2D eigenvalue weighted by Gasteiger charge is -2.29. The predicted molar refractivity (Wildman–Crippen MR) is 61.9 cm³/mol. The molecule has 4 heteroatoms. The van der Waals surface area contributed by atoms with E-state index in [0.29, 0.717) is 5.92 Å². The molecule has 1 heterocycles. The van der Waals surface area contributed by atoms with Crippen molar-refractivity contribution in [2.24, 2.45) is 5.92 Å². The molecular formula is C11H23N3O. The molecule has 2 amide bonds. The summed E-state index contributed by atoms with van der Waals surface area (Å²) in [6.45, 7) is 5.92. The monoisotopic (exact) mass is 213 g/mol.